The lowest BCUT2D eigenvalue weighted by molar-refractivity contribution is -0.137. The number of hydrogen-bond acceptors (Lipinski definition) is 5. The molecule has 26 heavy (non-hydrogen) atoms. The van der Waals surface area contributed by atoms with Gasteiger partial charge >= 0.3 is 17.6 Å². The van der Waals surface area contributed by atoms with Gasteiger partial charge in [0.25, 0.3) is 0 Å². The zero-order valence-electron chi connectivity index (χ0n) is 15.3. The molecule has 0 heterocycles. The Morgan fingerprint density at radius 1 is 1.27 bits per heavy atom. The molecule has 0 aliphatic heterocycles. The summed E-state index contributed by atoms with van der Waals surface area (Å²) in [5, 5.41) is 18.7. The highest BCUT2D eigenvalue weighted by molar-refractivity contribution is 6.83. The van der Waals surface area contributed by atoms with Crippen LogP contribution in [0.1, 0.15) is 12.0 Å². The van der Waals surface area contributed by atoms with Crippen molar-refractivity contribution >= 4 is 19.6 Å². The Bertz CT molecular complexity index is 778. The van der Waals surface area contributed by atoms with Gasteiger partial charge in [0.05, 0.1) is 6.61 Å². The number of aliphatic hydroxyl groups is 1. The maximum Gasteiger partial charge on any atom is 0.547 e. The van der Waals surface area contributed by atoms with E-state index in [0.717, 1.165) is 11.1 Å². The fraction of sp³-hybridized carbons (Fsp3) is 0.316. The van der Waals surface area contributed by atoms with Gasteiger partial charge in [-0.3, -0.25) is 0 Å². The summed E-state index contributed by atoms with van der Waals surface area (Å²) in [4.78, 5) is 14.6. The van der Waals surface area contributed by atoms with E-state index in [1.165, 1.54) is 0 Å². The monoisotopic (exact) mass is 371 g/mol. The molecule has 0 unspecified atom stereocenters. The van der Waals surface area contributed by atoms with Gasteiger partial charge in [-0.05, 0) is 11.1 Å². The molecule has 1 N–H and O–H groups in total. The largest absolute Gasteiger partial charge is 0.547 e. The Morgan fingerprint density at radius 3 is 2.50 bits per heavy atom. The summed E-state index contributed by atoms with van der Waals surface area (Å²) < 4.78 is 9.91. The smallest absolute Gasteiger partial charge is 0.475 e. The van der Waals surface area contributed by atoms with E-state index in [-0.39, 0.29) is 13.2 Å². The number of esters is 1. The summed E-state index contributed by atoms with van der Waals surface area (Å²) >= 11 is 0. The molecule has 0 aliphatic rings. The molecule has 0 aromatic heterocycles. The molecule has 0 saturated carbocycles. The summed E-state index contributed by atoms with van der Waals surface area (Å²) in [6.45, 7) is 10.0. The number of rotatable bonds is 7. The van der Waals surface area contributed by atoms with Crippen molar-refractivity contribution in [1.82, 2.24) is 0 Å². The molecule has 0 radical (unpaired) electrons. The van der Waals surface area contributed by atoms with Gasteiger partial charge in [0.2, 0.25) is 5.39 Å². The van der Waals surface area contributed by atoms with Gasteiger partial charge in [-0.25, -0.2) is 4.79 Å². The van der Waals surface area contributed by atoms with Crippen LogP contribution in [-0.2, 0) is 14.3 Å². The van der Waals surface area contributed by atoms with Crippen molar-refractivity contribution in [2.75, 3.05) is 13.2 Å². The van der Waals surface area contributed by atoms with E-state index >= 15 is 0 Å². The Balaban J connectivity index is 2.56. The number of carbonyl (C=O) groups excluding carboxylic acids is 1. The van der Waals surface area contributed by atoms with Crippen molar-refractivity contribution in [2.24, 2.45) is 0 Å². The first-order valence-corrected chi connectivity index (χ1v) is 11.6. The van der Waals surface area contributed by atoms with Crippen LogP contribution >= 0.6 is 0 Å². The molecular weight excluding hydrogens is 348 g/mol. The molecule has 1 aromatic carbocycles. The van der Waals surface area contributed by atoms with E-state index in [4.69, 9.17) is 14.9 Å². The van der Waals surface area contributed by atoms with Crippen molar-refractivity contribution in [1.29, 1.82) is 5.39 Å². The molecule has 136 valence electrons. The second-order valence-corrected chi connectivity index (χ2v) is 11.2. The van der Waals surface area contributed by atoms with Crippen LogP contribution in [0.15, 0.2) is 48.6 Å². The van der Waals surface area contributed by atoms with Crippen molar-refractivity contribution in [3.8, 4) is 11.5 Å². The predicted octanol–water partition coefficient (Wildman–Crippen LogP) is 4.11. The molecule has 1 rings (SSSR count). The van der Waals surface area contributed by atoms with Crippen LogP contribution < -0.4 is 0 Å². The average molecular weight is 371 g/mol. The normalized spacial score (nSPS) is 11.3. The maximum atomic E-state index is 11.8. The fourth-order valence-electron chi connectivity index (χ4n) is 1.80. The highest BCUT2D eigenvalue weighted by Crippen LogP contribution is 2.16. The SMILES string of the molecule is C=C(CCO/C(O)=C(\[N+]#N)C(=O)OCC#C[Si](C)(C)C)c1ccccc1. The van der Waals surface area contributed by atoms with Gasteiger partial charge < -0.3 is 14.6 Å². The minimum Gasteiger partial charge on any atom is -0.475 e. The number of ether oxygens (including phenoxy) is 2. The lowest BCUT2D eigenvalue weighted by atomic mass is 10.1. The van der Waals surface area contributed by atoms with Crippen LogP contribution in [0.4, 0.5) is 0 Å². The van der Waals surface area contributed by atoms with Gasteiger partial charge in [0.1, 0.15) is 8.07 Å². The first-order chi connectivity index (χ1) is 12.2. The third-order valence-electron chi connectivity index (χ3n) is 3.06. The van der Waals surface area contributed by atoms with Crippen molar-refractivity contribution < 1.29 is 19.4 Å². The lowest BCUT2D eigenvalue weighted by Gasteiger charge is -2.06. The Labute approximate surface area is 154 Å². The topological polar surface area (TPSA) is 83.9 Å². The Kier molecular flexibility index (Phi) is 8.14. The van der Waals surface area contributed by atoms with Crippen LogP contribution in [0.3, 0.4) is 0 Å². The van der Waals surface area contributed by atoms with Gasteiger partial charge in [-0.15, -0.1) is 5.54 Å². The molecule has 1 aromatic rings. The van der Waals surface area contributed by atoms with E-state index in [2.05, 4.69) is 42.7 Å². The summed E-state index contributed by atoms with van der Waals surface area (Å²) in [6, 6.07) is 9.50. The first kappa shape index (κ1) is 21.0. The molecular formula is C19H23N2O4Si+. The molecule has 0 bridgehead atoms. The minimum absolute atomic E-state index is 0.0568. The van der Waals surface area contributed by atoms with E-state index in [1.807, 2.05) is 30.3 Å². The van der Waals surface area contributed by atoms with Gasteiger partial charge in [-0.1, -0.05) is 62.5 Å². The highest BCUT2D eigenvalue weighted by atomic mass is 28.3. The first-order valence-electron chi connectivity index (χ1n) is 8.06. The van der Waals surface area contributed by atoms with Gasteiger partial charge in [0, 0.05) is 6.42 Å². The zero-order chi connectivity index (χ0) is 19.6. The molecule has 0 spiro atoms. The van der Waals surface area contributed by atoms with Gasteiger partial charge in [0.15, 0.2) is 11.6 Å². The predicted molar refractivity (Wildman–Crippen MR) is 103 cm³/mol. The number of nitrogens with zero attached hydrogens (tertiary/aromatic N) is 2. The molecule has 7 heteroatoms. The second kappa shape index (κ2) is 10.1. The van der Waals surface area contributed by atoms with Crippen LogP contribution in [-0.4, -0.2) is 32.4 Å². The molecule has 0 fully saturated rings. The summed E-state index contributed by atoms with van der Waals surface area (Å²) in [7, 11) is -1.56. The quantitative estimate of drug-likeness (QED) is 0.195. The Morgan fingerprint density at radius 2 is 1.92 bits per heavy atom. The van der Waals surface area contributed by atoms with E-state index in [9.17, 15) is 9.90 Å². The second-order valence-electron chi connectivity index (χ2n) is 6.45. The zero-order valence-corrected chi connectivity index (χ0v) is 16.3. The molecule has 0 saturated heterocycles. The lowest BCUT2D eigenvalue weighted by Crippen LogP contribution is -2.17. The molecule has 0 amide bonds. The summed E-state index contributed by atoms with van der Waals surface area (Å²) in [6.07, 6.45) is 0.420. The number of carbonyl (C=O) groups is 1. The number of benzene rings is 1. The molecule has 0 aliphatic carbocycles. The van der Waals surface area contributed by atoms with Crippen molar-refractivity contribution in [3.05, 3.63) is 59.1 Å². The molecule has 0 atom stereocenters. The fourth-order valence-corrected chi connectivity index (χ4v) is 2.40. The minimum atomic E-state index is -1.56. The van der Waals surface area contributed by atoms with Crippen molar-refractivity contribution in [2.45, 2.75) is 26.1 Å². The third kappa shape index (κ3) is 7.69. The number of hydrogen-bond donors (Lipinski definition) is 1. The van der Waals surface area contributed by atoms with Crippen LogP contribution in [0, 0.1) is 16.9 Å². The van der Waals surface area contributed by atoms with E-state index in [0.29, 0.717) is 6.42 Å². The van der Waals surface area contributed by atoms with Crippen LogP contribution in [0.25, 0.3) is 10.5 Å². The highest BCUT2D eigenvalue weighted by Gasteiger charge is 2.32. The van der Waals surface area contributed by atoms with Crippen LogP contribution in [0.2, 0.25) is 19.6 Å². The third-order valence-corrected chi connectivity index (χ3v) is 3.99. The Hall–Kier alpha value is -3.03. The average Bonchev–Trinajstić information content (AvgIpc) is 2.59. The van der Waals surface area contributed by atoms with E-state index < -0.39 is 25.7 Å². The van der Waals surface area contributed by atoms with Crippen LogP contribution in [0.5, 0.6) is 0 Å². The summed E-state index contributed by atoms with van der Waals surface area (Å²) in [5.41, 5.74) is 4.08. The maximum absolute atomic E-state index is 11.8. The molecule has 6 nitrogen and oxygen atoms in total. The van der Waals surface area contributed by atoms with Gasteiger partial charge in [-0.2, -0.15) is 0 Å². The summed E-state index contributed by atoms with van der Waals surface area (Å²) in [5.74, 6) is 0.913. The standard InChI is InChI=1S/C19H22N2O4Si/c1-15(16-9-6-5-7-10-16)11-13-25-19(23)17(21-20)18(22)24-12-8-14-26(2,3)4/h5-7,9-10H,1,11-13H2,2-4H3/p+1. The number of diazo groups is 1. The van der Waals surface area contributed by atoms with E-state index in [1.54, 1.807) is 0 Å². The number of aliphatic hydroxyl groups excluding tert-OH is 1. The van der Waals surface area contributed by atoms with Crippen molar-refractivity contribution in [3.63, 3.8) is 0 Å².